The summed E-state index contributed by atoms with van der Waals surface area (Å²) in [6, 6.07) is -0.454. The second kappa shape index (κ2) is 6.36. The minimum atomic E-state index is -0.735. The molecule has 0 spiro atoms. The van der Waals surface area contributed by atoms with E-state index in [1.807, 2.05) is 11.5 Å². The zero-order valence-corrected chi connectivity index (χ0v) is 13.5. The van der Waals surface area contributed by atoms with Gasteiger partial charge in [0.2, 0.25) is 0 Å². The molecule has 1 aliphatic carbocycles. The van der Waals surface area contributed by atoms with Crippen LogP contribution in [0, 0.1) is 18.8 Å². The fourth-order valence-corrected chi connectivity index (χ4v) is 4.06. The van der Waals surface area contributed by atoms with Crippen molar-refractivity contribution in [2.75, 3.05) is 6.54 Å². The summed E-state index contributed by atoms with van der Waals surface area (Å²) in [7, 11) is 0. The van der Waals surface area contributed by atoms with Crippen LogP contribution >= 0.6 is 0 Å². The molecule has 0 amide bonds. The molecule has 3 unspecified atom stereocenters. The highest BCUT2D eigenvalue weighted by atomic mass is 16.4. The SMILES string of the molecule is CCC1CCCC(CN2Cc3nnc(C)n3CC2C(=O)O)C1. The zero-order valence-electron chi connectivity index (χ0n) is 13.5. The largest absolute Gasteiger partial charge is 0.480 e. The first-order valence-corrected chi connectivity index (χ1v) is 8.44. The predicted molar refractivity (Wildman–Crippen MR) is 82.3 cm³/mol. The Bertz CT molecular complexity index is 542. The van der Waals surface area contributed by atoms with E-state index in [0.29, 0.717) is 19.0 Å². The van der Waals surface area contributed by atoms with Gasteiger partial charge in [0.05, 0.1) is 13.1 Å². The molecule has 6 nitrogen and oxygen atoms in total. The van der Waals surface area contributed by atoms with Crippen molar-refractivity contribution in [1.82, 2.24) is 19.7 Å². The fraction of sp³-hybridized carbons (Fsp3) is 0.812. The lowest BCUT2D eigenvalue weighted by Gasteiger charge is -2.38. The van der Waals surface area contributed by atoms with E-state index in [9.17, 15) is 9.90 Å². The summed E-state index contributed by atoms with van der Waals surface area (Å²) in [5, 5.41) is 17.9. The maximum atomic E-state index is 11.7. The van der Waals surface area contributed by atoms with Gasteiger partial charge in [-0.3, -0.25) is 9.69 Å². The monoisotopic (exact) mass is 306 g/mol. The first kappa shape index (κ1) is 15.5. The highest BCUT2D eigenvalue weighted by Crippen LogP contribution is 2.32. The maximum Gasteiger partial charge on any atom is 0.322 e. The first-order valence-electron chi connectivity index (χ1n) is 8.44. The van der Waals surface area contributed by atoms with E-state index in [4.69, 9.17) is 0 Å². The Labute approximate surface area is 131 Å². The van der Waals surface area contributed by atoms with Crippen molar-refractivity contribution in [3.8, 4) is 0 Å². The van der Waals surface area contributed by atoms with E-state index in [1.54, 1.807) is 0 Å². The van der Waals surface area contributed by atoms with Crippen LogP contribution in [-0.4, -0.2) is 43.3 Å². The molecule has 1 fully saturated rings. The molecule has 6 heteroatoms. The summed E-state index contributed by atoms with van der Waals surface area (Å²) in [4.78, 5) is 13.8. The third kappa shape index (κ3) is 3.02. The minimum absolute atomic E-state index is 0.454. The van der Waals surface area contributed by atoms with Gasteiger partial charge < -0.3 is 9.67 Å². The van der Waals surface area contributed by atoms with E-state index in [2.05, 4.69) is 22.0 Å². The van der Waals surface area contributed by atoms with Gasteiger partial charge in [-0.25, -0.2) is 0 Å². The van der Waals surface area contributed by atoms with Gasteiger partial charge >= 0.3 is 5.97 Å². The molecule has 2 aliphatic rings. The summed E-state index contributed by atoms with van der Waals surface area (Å²) in [6.07, 6.45) is 6.33. The quantitative estimate of drug-likeness (QED) is 0.922. The number of aliphatic carboxylic acids is 1. The summed E-state index contributed by atoms with van der Waals surface area (Å²) in [5.74, 6) is 2.41. The van der Waals surface area contributed by atoms with E-state index < -0.39 is 12.0 Å². The van der Waals surface area contributed by atoms with Crippen molar-refractivity contribution in [2.24, 2.45) is 11.8 Å². The number of hydrogen-bond donors (Lipinski definition) is 1. The van der Waals surface area contributed by atoms with Crippen LogP contribution < -0.4 is 0 Å². The summed E-state index contributed by atoms with van der Waals surface area (Å²) >= 11 is 0. The van der Waals surface area contributed by atoms with Crippen LogP contribution in [0.1, 0.15) is 50.7 Å². The molecule has 3 atom stereocenters. The molecule has 1 N–H and O–H groups in total. The lowest BCUT2D eigenvalue weighted by atomic mass is 9.80. The van der Waals surface area contributed by atoms with Crippen molar-refractivity contribution in [2.45, 2.75) is 65.1 Å². The molecule has 1 aromatic heterocycles. The summed E-state index contributed by atoms with van der Waals surface area (Å²) < 4.78 is 1.95. The number of aromatic nitrogens is 3. The van der Waals surface area contributed by atoms with Crippen molar-refractivity contribution in [3.63, 3.8) is 0 Å². The number of nitrogens with zero attached hydrogens (tertiary/aromatic N) is 4. The molecule has 3 rings (SSSR count). The van der Waals surface area contributed by atoms with Gasteiger partial charge in [-0.05, 0) is 31.6 Å². The number of fused-ring (bicyclic) bond motifs is 1. The number of carboxylic acid groups (broad SMARTS) is 1. The third-order valence-electron chi connectivity index (χ3n) is 5.40. The predicted octanol–water partition coefficient (Wildman–Crippen LogP) is 2.07. The van der Waals surface area contributed by atoms with Crippen molar-refractivity contribution in [3.05, 3.63) is 11.6 Å². The van der Waals surface area contributed by atoms with E-state index >= 15 is 0 Å². The average molecular weight is 306 g/mol. The summed E-state index contributed by atoms with van der Waals surface area (Å²) in [5.41, 5.74) is 0. The van der Waals surface area contributed by atoms with Gasteiger partial charge in [0.25, 0.3) is 0 Å². The van der Waals surface area contributed by atoms with Crippen LogP contribution in [-0.2, 0) is 17.9 Å². The molecule has 122 valence electrons. The average Bonchev–Trinajstić information content (AvgIpc) is 2.87. The molecule has 2 heterocycles. The molecule has 22 heavy (non-hydrogen) atoms. The fourth-order valence-electron chi connectivity index (χ4n) is 4.06. The van der Waals surface area contributed by atoms with Crippen LogP contribution in [0.15, 0.2) is 0 Å². The number of rotatable bonds is 4. The van der Waals surface area contributed by atoms with Gasteiger partial charge in [0.1, 0.15) is 17.7 Å². The van der Waals surface area contributed by atoms with Crippen LogP contribution in [0.4, 0.5) is 0 Å². The lowest BCUT2D eigenvalue weighted by molar-refractivity contribution is -0.145. The van der Waals surface area contributed by atoms with Crippen molar-refractivity contribution < 1.29 is 9.90 Å². The summed E-state index contributed by atoms with van der Waals surface area (Å²) in [6.45, 7) is 6.09. The van der Waals surface area contributed by atoms with E-state index in [-0.39, 0.29) is 0 Å². The topological polar surface area (TPSA) is 71.2 Å². The van der Waals surface area contributed by atoms with Gasteiger partial charge in [-0.1, -0.05) is 26.2 Å². The molecule has 0 saturated heterocycles. The number of aryl methyl sites for hydroxylation is 1. The number of carboxylic acids is 1. The molecule has 1 saturated carbocycles. The Balaban J connectivity index is 1.72. The second-order valence-corrected chi connectivity index (χ2v) is 6.86. The van der Waals surface area contributed by atoms with E-state index in [0.717, 1.165) is 24.1 Å². The second-order valence-electron chi connectivity index (χ2n) is 6.86. The van der Waals surface area contributed by atoms with Crippen LogP contribution in [0.3, 0.4) is 0 Å². The number of carbonyl (C=O) groups is 1. The molecule has 0 aromatic carbocycles. The molecule has 0 bridgehead atoms. The lowest BCUT2D eigenvalue weighted by Crippen LogP contribution is -2.50. The highest BCUT2D eigenvalue weighted by Gasteiger charge is 2.35. The molecular formula is C16H26N4O2. The smallest absolute Gasteiger partial charge is 0.322 e. The molecule has 1 aromatic rings. The Morgan fingerprint density at radius 2 is 2.09 bits per heavy atom. The third-order valence-corrected chi connectivity index (χ3v) is 5.40. The van der Waals surface area contributed by atoms with Crippen LogP contribution in [0.2, 0.25) is 0 Å². The van der Waals surface area contributed by atoms with Gasteiger partial charge in [-0.15, -0.1) is 10.2 Å². The minimum Gasteiger partial charge on any atom is -0.480 e. The molecular weight excluding hydrogens is 280 g/mol. The Hall–Kier alpha value is -1.43. The maximum absolute atomic E-state index is 11.7. The molecule has 0 radical (unpaired) electrons. The van der Waals surface area contributed by atoms with E-state index in [1.165, 1.54) is 32.1 Å². The highest BCUT2D eigenvalue weighted by molar-refractivity contribution is 5.73. The Morgan fingerprint density at radius 1 is 1.32 bits per heavy atom. The molecule has 1 aliphatic heterocycles. The Morgan fingerprint density at radius 3 is 2.82 bits per heavy atom. The van der Waals surface area contributed by atoms with Gasteiger partial charge in [0.15, 0.2) is 0 Å². The zero-order chi connectivity index (χ0) is 15.7. The van der Waals surface area contributed by atoms with Crippen LogP contribution in [0.25, 0.3) is 0 Å². The van der Waals surface area contributed by atoms with Crippen LogP contribution in [0.5, 0.6) is 0 Å². The van der Waals surface area contributed by atoms with Gasteiger partial charge in [-0.2, -0.15) is 0 Å². The van der Waals surface area contributed by atoms with Crippen molar-refractivity contribution >= 4 is 5.97 Å². The Kier molecular flexibility index (Phi) is 4.47. The van der Waals surface area contributed by atoms with Crippen molar-refractivity contribution in [1.29, 1.82) is 0 Å². The standard InChI is InChI=1S/C16H26N4O2/c1-3-12-5-4-6-13(7-12)8-19-10-15-18-17-11(2)20(15)9-14(19)16(21)22/h12-14H,3-10H2,1-2H3,(H,21,22). The van der Waals surface area contributed by atoms with Gasteiger partial charge in [0, 0.05) is 6.54 Å². The number of hydrogen-bond acceptors (Lipinski definition) is 4. The normalized spacial score (nSPS) is 29.3. The first-order chi connectivity index (χ1) is 10.6.